The van der Waals surface area contributed by atoms with Crippen molar-refractivity contribution in [2.75, 3.05) is 13.2 Å². The Balaban J connectivity index is 4.17. The number of hydrogen-bond acceptors (Lipinski definition) is 6. The summed E-state index contributed by atoms with van der Waals surface area (Å²) in [5.41, 5.74) is 0. The van der Waals surface area contributed by atoms with Crippen LogP contribution in [0.1, 0.15) is 400 Å². The van der Waals surface area contributed by atoms with Gasteiger partial charge in [0.05, 0.1) is 0 Å². The van der Waals surface area contributed by atoms with Crippen molar-refractivity contribution in [3.63, 3.8) is 0 Å². The van der Waals surface area contributed by atoms with Crippen molar-refractivity contribution in [3.05, 3.63) is 24.3 Å². The molecule has 0 aromatic rings. The Morgan fingerprint density at radius 2 is 0.423 bits per heavy atom. The Bertz CT molecular complexity index is 1260. The van der Waals surface area contributed by atoms with Gasteiger partial charge in [-0.1, -0.05) is 334 Å². The second-order valence-corrected chi connectivity index (χ2v) is 24.1. The molecular formula is C72H136O6. The van der Waals surface area contributed by atoms with E-state index in [1.165, 1.54) is 295 Å². The molecule has 0 fully saturated rings. The first-order valence-corrected chi connectivity index (χ1v) is 35.3. The zero-order valence-electron chi connectivity index (χ0n) is 53.0. The van der Waals surface area contributed by atoms with Gasteiger partial charge in [0, 0.05) is 19.3 Å². The van der Waals surface area contributed by atoms with Gasteiger partial charge in [0.25, 0.3) is 0 Å². The maximum atomic E-state index is 12.9. The van der Waals surface area contributed by atoms with E-state index in [4.69, 9.17) is 14.2 Å². The van der Waals surface area contributed by atoms with Crippen LogP contribution >= 0.6 is 0 Å². The average molecular weight is 1100 g/mol. The molecule has 0 aliphatic heterocycles. The van der Waals surface area contributed by atoms with Crippen molar-refractivity contribution >= 4 is 17.9 Å². The standard InChI is InChI=1S/C72H136O6/c1-4-7-10-13-16-19-22-25-28-30-31-32-33-34-35-36-37-38-39-40-41-43-44-47-50-53-56-59-62-65-71(74)77-68-69(67-76-70(73)64-61-58-55-52-49-46-27-24-21-18-15-12-9-6-3)78-72(75)66-63-60-57-54-51-48-45-42-29-26-23-20-17-14-11-8-5-2/h24,26-27,29,69H,4-23,25,28,30-68H2,1-3H3/b27-24-,29-26-. The Labute approximate surface area is 487 Å². The summed E-state index contributed by atoms with van der Waals surface area (Å²) in [6.45, 7) is 6.69. The van der Waals surface area contributed by atoms with Gasteiger partial charge in [0.2, 0.25) is 0 Å². The minimum absolute atomic E-state index is 0.0705. The first-order chi connectivity index (χ1) is 38.5. The number of carbonyl (C=O) groups excluding carboxylic acids is 3. The van der Waals surface area contributed by atoms with E-state index < -0.39 is 6.10 Å². The van der Waals surface area contributed by atoms with Crippen LogP contribution in [0.15, 0.2) is 24.3 Å². The summed E-state index contributed by atoms with van der Waals surface area (Å²) in [4.78, 5) is 38.4. The highest BCUT2D eigenvalue weighted by atomic mass is 16.6. The van der Waals surface area contributed by atoms with Gasteiger partial charge in [0.15, 0.2) is 6.10 Å². The number of carbonyl (C=O) groups is 3. The molecule has 0 rings (SSSR count). The van der Waals surface area contributed by atoms with Crippen LogP contribution in [0.5, 0.6) is 0 Å². The molecule has 0 amide bonds. The first-order valence-electron chi connectivity index (χ1n) is 35.3. The lowest BCUT2D eigenvalue weighted by molar-refractivity contribution is -0.167. The SMILES string of the molecule is CCCCCCC/C=C\CCCCCCCC(=O)OCC(COC(=O)CCCCCCCCCCCCCCCCCCCCCCCCCCCCCCC)OC(=O)CCCCCCCCC/C=C\CCCCCCCC. The molecule has 1 atom stereocenters. The third-order valence-corrected chi connectivity index (χ3v) is 16.2. The molecule has 460 valence electrons. The van der Waals surface area contributed by atoms with Crippen molar-refractivity contribution in [3.8, 4) is 0 Å². The lowest BCUT2D eigenvalue weighted by Gasteiger charge is -2.18. The Morgan fingerprint density at radius 1 is 0.244 bits per heavy atom. The van der Waals surface area contributed by atoms with E-state index in [-0.39, 0.29) is 31.1 Å². The molecule has 0 saturated heterocycles. The molecule has 0 N–H and O–H groups in total. The van der Waals surface area contributed by atoms with Crippen LogP contribution in [-0.4, -0.2) is 37.2 Å². The van der Waals surface area contributed by atoms with Crippen molar-refractivity contribution < 1.29 is 28.6 Å². The van der Waals surface area contributed by atoms with Crippen LogP contribution in [0, 0.1) is 0 Å². The summed E-state index contributed by atoms with van der Waals surface area (Å²) in [7, 11) is 0. The average Bonchev–Trinajstić information content (AvgIpc) is 3.44. The summed E-state index contributed by atoms with van der Waals surface area (Å²) < 4.78 is 17.0. The normalized spacial score (nSPS) is 12.1. The molecule has 1 unspecified atom stereocenters. The highest BCUT2D eigenvalue weighted by molar-refractivity contribution is 5.71. The van der Waals surface area contributed by atoms with E-state index in [1.807, 2.05) is 0 Å². The molecule has 0 bridgehead atoms. The van der Waals surface area contributed by atoms with Crippen LogP contribution in [0.2, 0.25) is 0 Å². The fourth-order valence-electron chi connectivity index (χ4n) is 10.8. The van der Waals surface area contributed by atoms with Crippen molar-refractivity contribution in [1.29, 1.82) is 0 Å². The second kappa shape index (κ2) is 67.4. The lowest BCUT2D eigenvalue weighted by atomic mass is 10.0. The van der Waals surface area contributed by atoms with Crippen molar-refractivity contribution in [1.82, 2.24) is 0 Å². The summed E-state index contributed by atoms with van der Waals surface area (Å²) in [5, 5.41) is 0. The van der Waals surface area contributed by atoms with E-state index in [0.29, 0.717) is 19.3 Å². The lowest BCUT2D eigenvalue weighted by Crippen LogP contribution is -2.30. The molecule has 6 heteroatoms. The summed E-state index contributed by atoms with van der Waals surface area (Å²) >= 11 is 0. The zero-order valence-corrected chi connectivity index (χ0v) is 53.0. The highest BCUT2D eigenvalue weighted by Gasteiger charge is 2.19. The summed E-state index contributed by atoms with van der Waals surface area (Å²) in [5.74, 6) is -0.855. The molecule has 0 heterocycles. The van der Waals surface area contributed by atoms with Gasteiger partial charge in [-0.3, -0.25) is 14.4 Å². The molecule has 0 radical (unpaired) electrons. The van der Waals surface area contributed by atoms with Gasteiger partial charge in [-0.2, -0.15) is 0 Å². The maximum Gasteiger partial charge on any atom is 0.306 e. The van der Waals surface area contributed by atoms with E-state index in [2.05, 4.69) is 45.1 Å². The zero-order chi connectivity index (χ0) is 56.4. The molecule has 0 aliphatic carbocycles. The molecule has 0 spiro atoms. The van der Waals surface area contributed by atoms with Crippen LogP contribution in [-0.2, 0) is 28.6 Å². The fourth-order valence-corrected chi connectivity index (χ4v) is 10.8. The fraction of sp³-hybridized carbons (Fsp3) is 0.903. The predicted molar refractivity (Wildman–Crippen MR) is 340 cm³/mol. The second-order valence-electron chi connectivity index (χ2n) is 24.1. The minimum atomic E-state index is -0.775. The first kappa shape index (κ1) is 75.9. The topological polar surface area (TPSA) is 78.9 Å². The van der Waals surface area contributed by atoms with Crippen LogP contribution < -0.4 is 0 Å². The van der Waals surface area contributed by atoms with Crippen LogP contribution in [0.25, 0.3) is 0 Å². The molecule has 0 saturated carbocycles. The third-order valence-electron chi connectivity index (χ3n) is 16.2. The Kier molecular flexibility index (Phi) is 65.6. The van der Waals surface area contributed by atoms with E-state index in [9.17, 15) is 14.4 Å². The van der Waals surface area contributed by atoms with Gasteiger partial charge in [-0.25, -0.2) is 0 Å². The number of esters is 3. The van der Waals surface area contributed by atoms with Gasteiger partial charge in [-0.15, -0.1) is 0 Å². The number of rotatable bonds is 66. The molecular weight excluding hydrogens is 961 g/mol. The van der Waals surface area contributed by atoms with Gasteiger partial charge in [-0.05, 0) is 70.6 Å². The quantitative estimate of drug-likeness (QED) is 0.0261. The third kappa shape index (κ3) is 64.7. The van der Waals surface area contributed by atoms with E-state index in [1.54, 1.807) is 0 Å². The van der Waals surface area contributed by atoms with Gasteiger partial charge >= 0.3 is 17.9 Å². The van der Waals surface area contributed by atoms with E-state index in [0.717, 1.165) is 64.2 Å². The van der Waals surface area contributed by atoms with E-state index >= 15 is 0 Å². The Morgan fingerprint density at radius 3 is 0.641 bits per heavy atom. The molecule has 78 heavy (non-hydrogen) atoms. The summed E-state index contributed by atoms with van der Waals surface area (Å²) in [6.07, 6.45) is 82.2. The molecule has 0 aliphatic rings. The molecule has 0 aromatic carbocycles. The maximum absolute atomic E-state index is 12.9. The smallest absolute Gasteiger partial charge is 0.306 e. The van der Waals surface area contributed by atoms with Crippen molar-refractivity contribution in [2.45, 2.75) is 406 Å². The monoisotopic (exact) mass is 1100 g/mol. The number of allylic oxidation sites excluding steroid dienone is 4. The molecule has 0 aromatic heterocycles. The van der Waals surface area contributed by atoms with Gasteiger partial charge < -0.3 is 14.2 Å². The highest BCUT2D eigenvalue weighted by Crippen LogP contribution is 2.19. The number of hydrogen-bond donors (Lipinski definition) is 0. The van der Waals surface area contributed by atoms with Crippen LogP contribution in [0.3, 0.4) is 0 Å². The minimum Gasteiger partial charge on any atom is -0.462 e. The van der Waals surface area contributed by atoms with Crippen LogP contribution in [0.4, 0.5) is 0 Å². The predicted octanol–water partition coefficient (Wildman–Crippen LogP) is 24.2. The number of unbranched alkanes of at least 4 members (excludes halogenated alkanes) is 51. The summed E-state index contributed by atoms with van der Waals surface area (Å²) in [6, 6.07) is 0. The van der Waals surface area contributed by atoms with Crippen molar-refractivity contribution in [2.24, 2.45) is 0 Å². The largest absolute Gasteiger partial charge is 0.462 e. The molecule has 6 nitrogen and oxygen atoms in total. The van der Waals surface area contributed by atoms with Gasteiger partial charge in [0.1, 0.15) is 13.2 Å². The Hall–Kier alpha value is -2.11. The number of ether oxygens (including phenoxy) is 3.